The van der Waals surface area contributed by atoms with Gasteiger partial charge in [-0.2, -0.15) is 5.10 Å². The average Bonchev–Trinajstić information content (AvgIpc) is 3.07. The fourth-order valence-electron chi connectivity index (χ4n) is 3.29. The van der Waals surface area contributed by atoms with Gasteiger partial charge in [-0.3, -0.25) is 14.0 Å². The molecule has 1 heterocycles. The van der Waals surface area contributed by atoms with Gasteiger partial charge in [-0.15, -0.1) is 0 Å². The summed E-state index contributed by atoms with van der Waals surface area (Å²) in [7, 11) is 1.34. The smallest absolute Gasteiger partial charge is 0.323 e. The summed E-state index contributed by atoms with van der Waals surface area (Å²) in [4.78, 5) is 12.4. The molecule has 0 atom stereocenters. The largest absolute Gasteiger partial charge is 0.334 e. The van der Waals surface area contributed by atoms with Crippen molar-refractivity contribution in [1.82, 2.24) is 9.78 Å². The number of hydrogen-bond donors (Lipinski definition) is 1. The molecule has 0 bridgehead atoms. The fourth-order valence-corrected chi connectivity index (χ4v) is 4.35. The molecule has 3 aromatic rings. The van der Waals surface area contributed by atoms with E-state index in [0.29, 0.717) is 5.69 Å². The summed E-state index contributed by atoms with van der Waals surface area (Å²) in [5.74, 6) is -0.632. The summed E-state index contributed by atoms with van der Waals surface area (Å²) in [6.45, 7) is 1.85. The minimum absolute atomic E-state index is 0.139. The van der Waals surface area contributed by atoms with Crippen LogP contribution in [-0.2, 0) is 31.6 Å². The molecular formula is C23H25FN3O4P. The van der Waals surface area contributed by atoms with Crippen LogP contribution >= 0.6 is 7.60 Å². The normalized spacial score (nSPS) is 11.8. The molecule has 2 aromatic carbocycles. The minimum atomic E-state index is -3.15. The lowest BCUT2D eigenvalue weighted by Gasteiger charge is -2.13. The number of nitrogens with one attached hydrogen (secondary N) is 1. The third-order valence-corrected chi connectivity index (χ3v) is 6.81. The van der Waals surface area contributed by atoms with Crippen LogP contribution in [-0.4, -0.2) is 29.9 Å². The first-order valence-electron chi connectivity index (χ1n) is 9.82. The molecule has 7 nitrogen and oxygen atoms in total. The molecule has 0 spiro atoms. The molecule has 0 saturated carbocycles. The van der Waals surface area contributed by atoms with Crippen molar-refractivity contribution in [2.24, 2.45) is 7.05 Å². The molecular weight excluding hydrogens is 432 g/mol. The zero-order valence-corrected chi connectivity index (χ0v) is 19.2. The first-order chi connectivity index (χ1) is 15.2. The van der Waals surface area contributed by atoms with E-state index in [9.17, 15) is 13.8 Å². The van der Waals surface area contributed by atoms with Gasteiger partial charge in [-0.25, -0.2) is 4.39 Å². The number of rotatable bonds is 8. The molecule has 0 aliphatic rings. The number of carbonyl (C=O) groups is 1. The maximum absolute atomic E-state index is 13.3. The van der Waals surface area contributed by atoms with Gasteiger partial charge in [0, 0.05) is 44.2 Å². The first kappa shape index (κ1) is 23.6. The molecule has 1 N–H and O–H groups in total. The van der Waals surface area contributed by atoms with Crippen molar-refractivity contribution in [1.29, 1.82) is 0 Å². The molecule has 0 aliphatic carbocycles. The highest BCUT2D eigenvalue weighted by atomic mass is 31.2. The lowest BCUT2D eigenvalue weighted by molar-refractivity contribution is -0.111. The van der Waals surface area contributed by atoms with Gasteiger partial charge in [-0.05, 0) is 55.0 Å². The van der Waals surface area contributed by atoms with E-state index in [1.807, 2.05) is 6.92 Å². The summed E-state index contributed by atoms with van der Waals surface area (Å²) in [6.07, 6.45) is 3.26. The molecule has 168 valence electrons. The Morgan fingerprint density at radius 2 is 1.75 bits per heavy atom. The second-order valence-corrected chi connectivity index (χ2v) is 9.40. The molecule has 0 aliphatic heterocycles. The third-order valence-electron chi connectivity index (χ3n) is 4.94. The minimum Gasteiger partial charge on any atom is -0.323 e. The van der Waals surface area contributed by atoms with Crippen LogP contribution in [0.5, 0.6) is 0 Å². The van der Waals surface area contributed by atoms with Crippen LogP contribution in [0, 0.1) is 12.7 Å². The van der Waals surface area contributed by atoms with Crippen molar-refractivity contribution in [3.8, 4) is 11.3 Å². The highest BCUT2D eigenvalue weighted by molar-refractivity contribution is 7.52. The Balaban J connectivity index is 1.73. The molecule has 3 rings (SSSR count). The lowest BCUT2D eigenvalue weighted by Crippen LogP contribution is -2.07. The SMILES string of the molecule is COP(=O)(Cc1ccc(NC(=O)/C=C/c2c(C)nn(C)c2-c2ccc(F)cc2)cc1)OC. The zero-order chi connectivity index (χ0) is 23.3. The van der Waals surface area contributed by atoms with Crippen LogP contribution in [0.1, 0.15) is 16.8 Å². The number of anilines is 1. The molecule has 0 unspecified atom stereocenters. The Kier molecular flexibility index (Phi) is 7.40. The topological polar surface area (TPSA) is 82.5 Å². The van der Waals surface area contributed by atoms with Gasteiger partial charge >= 0.3 is 7.60 Å². The van der Waals surface area contributed by atoms with Gasteiger partial charge in [0.15, 0.2) is 0 Å². The van der Waals surface area contributed by atoms with Crippen molar-refractivity contribution in [3.05, 3.63) is 77.2 Å². The van der Waals surface area contributed by atoms with E-state index in [1.165, 1.54) is 32.4 Å². The van der Waals surface area contributed by atoms with Crippen molar-refractivity contribution in [2.45, 2.75) is 13.1 Å². The summed E-state index contributed by atoms with van der Waals surface area (Å²) in [5.41, 5.74) is 4.47. The predicted octanol–water partition coefficient (Wildman–Crippen LogP) is 5.17. The van der Waals surface area contributed by atoms with Gasteiger partial charge in [0.05, 0.1) is 17.5 Å². The zero-order valence-electron chi connectivity index (χ0n) is 18.3. The second kappa shape index (κ2) is 10.0. The van der Waals surface area contributed by atoms with E-state index in [1.54, 1.807) is 54.2 Å². The number of hydrogen-bond acceptors (Lipinski definition) is 5. The van der Waals surface area contributed by atoms with Gasteiger partial charge < -0.3 is 14.4 Å². The number of benzene rings is 2. The third kappa shape index (κ3) is 5.59. The van der Waals surface area contributed by atoms with E-state index in [0.717, 1.165) is 28.1 Å². The van der Waals surface area contributed by atoms with Gasteiger partial charge in [-0.1, -0.05) is 12.1 Å². The van der Waals surface area contributed by atoms with Crippen LogP contribution < -0.4 is 5.32 Å². The van der Waals surface area contributed by atoms with Crippen molar-refractivity contribution in [2.75, 3.05) is 19.5 Å². The first-order valence-corrected chi connectivity index (χ1v) is 11.6. The Morgan fingerprint density at radius 3 is 2.34 bits per heavy atom. The maximum Gasteiger partial charge on any atom is 0.334 e. The molecule has 0 fully saturated rings. The van der Waals surface area contributed by atoms with Gasteiger partial charge in [0.2, 0.25) is 5.91 Å². The van der Waals surface area contributed by atoms with E-state index in [-0.39, 0.29) is 17.9 Å². The maximum atomic E-state index is 13.3. The quantitative estimate of drug-likeness (QED) is 0.373. The van der Waals surface area contributed by atoms with E-state index in [4.69, 9.17) is 9.05 Å². The Morgan fingerprint density at radius 1 is 1.12 bits per heavy atom. The van der Waals surface area contributed by atoms with E-state index < -0.39 is 7.60 Å². The highest BCUT2D eigenvalue weighted by Gasteiger charge is 2.21. The standard InChI is InChI=1S/C23H25FN3O4P/c1-16-21(23(27(2)26-16)18-7-9-19(24)10-8-18)13-14-22(28)25-20-11-5-17(6-12-20)15-32(29,30-3)31-4/h5-14H,15H2,1-4H3,(H,25,28)/b14-13+. The van der Waals surface area contributed by atoms with Crippen molar-refractivity contribution >= 4 is 25.3 Å². The lowest BCUT2D eigenvalue weighted by atomic mass is 10.1. The Hall–Kier alpha value is -3.06. The summed E-state index contributed by atoms with van der Waals surface area (Å²) >= 11 is 0. The monoisotopic (exact) mass is 457 g/mol. The number of carbonyl (C=O) groups excluding carboxylic acids is 1. The highest BCUT2D eigenvalue weighted by Crippen LogP contribution is 2.49. The van der Waals surface area contributed by atoms with Gasteiger partial charge in [0.25, 0.3) is 0 Å². The van der Waals surface area contributed by atoms with E-state index in [2.05, 4.69) is 10.4 Å². The number of amides is 1. The predicted molar refractivity (Wildman–Crippen MR) is 123 cm³/mol. The Bertz CT molecular complexity index is 1160. The molecule has 32 heavy (non-hydrogen) atoms. The number of halogens is 1. The molecule has 0 radical (unpaired) electrons. The van der Waals surface area contributed by atoms with Crippen molar-refractivity contribution in [3.63, 3.8) is 0 Å². The number of aromatic nitrogens is 2. The van der Waals surface area contributed by atoms with Crippen LogP contribution in [0.2, 0.25) is 0 Å². The van der Waals surface area contributed by atoms with Crippen LogP contribution in [0.25, 0.3) is 17.3 Å². The summed E-state index contributed by atoms with van der Waals surface area (Å²) < 4.78 is 37.1. The number of nitrogens with zero attached hydrogens (tertiary/aromatic N) is 2. The van der Waals surface area contributed by atoms with Crippen molar-refractivity contribution < 1.29 is 22.8 Å². The molecule has 9 heteroatoms. The average molecular weight is 457 g/mol. The molecule has 1 amide bonds. The van der Waals surface area contributed by atoms with Crippen LogP contribution in [0.4, 0.5) is 10.1 Å². The van der Waals surface area contributed by atoms with Crippen LogP contribution in [0.15, 0.2) is 54.6 Å². The fraction of sp³-hybridized carbons (Fsp3) is 0.217. The summed E-state index contributed by atoms with van der Waals surface area (Å²) in [6, 6.07) is 13.1. The number of aryl methyl sites for hydroxylation is 2. The second-order valence-electron chi connectivity index (χ2n) is 7.13. The summed E-state index contributed by atoms with van der Waals surface area (Å²) in [5, 5.41) is 7.21. The van der Waals surface area contributed by atoms with E-state index >= 15 is 0 Å². The Labute approximate surface area is 186 Å². The molecule has 1 aromatic heterocycles. The van der Waals surface area contributed by atoms with Gasteiger partial charge in [0.1, 0.15) is 5.82 Å². The molecule has 0 saturated heterocycles. The van der Waals surface area contributed by atoms with Crippen LogP contribution in [0.3, 0.4) is 0 Å².